The van der Waals surface area contributed by atoms with Gasteiger partial charge in [0, 0.05) is 53.9 Å². The zero-order valence-electron chi connectivity index (χ0n) is 10.3. The molecule has 0 aromatic rings. The third-order valence-corrected chi connectivity index (χ3v) is 0.703. The van der Waals surface area contributed by atoms with Crippen LogP contribution in [0.3, 0.4) is 0 Å². The van der Waals surface area contributed by atoms with Crippen molar-refractivity contribution in [3.05, 3.63) is 0 Å². The van der Waals surface area contributed by atoms with E-state index in [9.17, 15) is 19.2 Å². The minimum Gasteiger partial charge on any atom is -0.481 e. The Labute approximate surface area is 136 Å². The average Bonchev–Trinajstić information content (AvgIpc) is 2.03. The van der Waals surface area contributed by atoms with Crippen LogP contribution in [0, 0.1) is 0 Å². The summed E-state index contributed by atoms with van der Waals surface area (Å²) in [6.45, 7) is 1.24. The molecule has 0 aliphatic heterocycles. The summed E-state index contributed by atoms with van der Waals surface area (Å²) in [5.74, 6) is -4.00. The first-order valence-electron chi connectivity index (χ1n) is 3.85. The summed E-state index contributed by atoms with van der Waals surface area (Å²) in [4.78, 5) is 38.3. The molecule has 0 spiro atoms. The smallest absolute Gasteiger partial charge is 0.314 e. The Morgan fingerprint density at radius 3 is 1.00 bits per heavy atom. The number of aliphatic carboxylic acids is 3. The van der Waals surface area contributed by atoms with Crippen molar-refractivity contribution in [1.82, 2.24) is 0 Å². The summed E-state index contributed by atoms with van der Waals surface area (Å²) < 4.78 is 0. The molecule has 0 aliphatic rings. The molecule has 0 saturated heterocycles. The number of hydrogen-bond donors (Lipinski definition) is 4. The first-order valence-corrected chi connectivity index (χ1v) is 3.85. The van der Waals surface area contributed by atoms with Crippen LogP contribution in [0.5, 0.6) is 0 Å². The second-order valence-corrected chi connectivity index (χ2v) is 2.24. The van der Waals surface area contributed by atoms with Crippen molar-refractivity contribution >= 4 is 23.7 Å². The number of carboxylic acid groups (broad SMARTS) is 3. The molecule has 0 unspecified atom stereocenters. The van der Waals surface area contributed by atoms with Gasteiger partial charge in [-0.15, -0.1) is 0 Å². The largest absolute Gasteiger partial charge is 0.481 e. The SMILES string of the molecule is CC(=O)CC(=O)O.CO.O=C(O)CC(=O)O.[Cd].[Zn]. The predicted molar refractivity (Wildman–Crippen MR) is 51.0 cm³/mol. The summed E-state index contributed by atoms with van der Waals surface area (Å²) in [6.07, 6.45) is -1.17. The van der Waals surface area contributed by atoms with Crippen molar-refractivity contribution in [2.75, 3.05) is 7.11 Å². The Morgan fingerprint density at radius 1 is 0.778 bits per heavy atom. The van der Waals surface area contributed by atoms with Gasteiger partial charge in [-0.3, -0.25) is 19.2 Å². The van der Waals surface area contributed by atoms with Gasteiger partial charge >= 0.3 is 17.9 Å². The Balaban J connectivity index is -0.0000000500. The molecule has 0 radical (unpaired) electrons. The van der Waals surface area contributed by atoms with Gasteiger partial charge in [0.1, 0.15) is 18.6 Å². The number of Topliss-reactive ketones (excluding diaryl/α,β-unsaturated/α-hetero) is 1. The minimum absolute atomic E-state index is 0. The molecule has 0 heterocycles. The minimum atomic E-state index is -1.31. The Kier molecular flexibility index (Phi) is 37.0. The van der Waals surface area contributed by atoms with Gasteiger partial charge in [0.15, 0.2) is 0 Å². The summed E-state index contributed by atoms with van der Waals surface area (Å²) in [6, 6.07) is 0. The van der Waals surface area contributed by atoms with Crippen molar-refractivity contribution in [3.63, 3.8) is 0 Å². The fourth-order valence-corrected chi connectivity index (χ4v) is 0.342. The average molecular weight is 416 g/mol. The maximum atomic E-state index is 9.87. The second kappa shape index (κ2) is 21.8. The van der Waals surface area contributed by atoms with Crippen LogP contribution in [0.15, 0.2) is 0 Å². The summed E-state index contributed by atoms with van der Waals surface area (Å²) in [5.41, 5.74) is 0. The van der Waals surface area contributed by atoms with E-state index in [0.717, 1.165) is 7.11 Å². The molecule has 18 heavy (non-hydrogen) atoms. The van der Waals surface area contributed by atoms with Gasteiger partial charge in [0.05, 0.1) is 0 Å². The number of hydrogen-bond acceptors (Lipinski definition) is 5. The number of carbonyl (C=O) groups is 4. The molecule has 0 atom stereocenters. The number of carbonyl (C=O) groups excluding carboxylic acids is 1. The molecular weight excluding hydrogens is 402 g/mol. The van der Waals surface area contributed by atoms with Crippen LogP contribution in [0.25, 0.3) is 0 Å². The van der Waals surface area contributed by atoms with Crippen LogP contribution in [0.4, 0.5) is 0 Å². The first-order chi connectivity index (χ1) is 7.25. The van der Waals surface area contributed by atoms with E-state index >= 15 is 0 Å². The third-order valence-electron chi connectivity index (χ3n) is 0.703. The Morgan fingerprint density at radius 2 is 1.00 bits per heavy atom. The van der Waals surface area contributed by atoms with Crippen LogP contribution in [-0.2, 0) is 66.0 Å². The number of rotatable bonds is 4. The van der Waals surface area contributed by atoms with Crippen LogP contribution in [-0.4, -0.2) is 51.2 Å². The van der Waals surface area contributed by atoms with E-state index < -0.39 is 24.3 Å². The molecule has 98 valence electrons. The normalized spacial score (nSPS) is 6.61. The van der Waals surface area contributed by atoms with E-state index in [2.05, 4.69) is 0 Å². The molecule has 8 nitrogen and oxygen atoms in total. The predicted octanol–water partition coefficient (Wildman–Crippen LogP) is -0.801. The van der Waals surface area contributed by atoms with Crippen molar-refractivity contribution in [2.45, 2.75) is 19.8 Å². The summed E-state index contributed by atoms with van der Waals surface area (Å²) in [5, 5.41) is 30.3. The molecule has 0 bridgehead atoms. The first kappa shape index (κ1) is 30.5. The van der Waals surface area contributed by atoms with Gasteiger partial charge in [-0.25, -0.2) is 0 Å². The van der Waals surface area contributed by atoms with Gasteiger partial charge in [-0.2, -0.15) is 0 Å². The fraction of sp³-hybridized carbons (Fsp3) is 0.500. The number of ketones is 1. The third kappa shape index (κ3) is 57.6. The molecule has 0 fully saturated rings. The number of carboxylic acids is 3. The van der Waals surface area contributed by atoms with E-state index in [0.29, 0.717) is 0 Å². The van der Waals surface area contributed by atoms with E-state index in [4.69, 9.17) is 20.4 Å². The maximum absolute atomic E-state index is 9.87. The van der Waals surface area contributed by atoms with Crippen molar-refractivity contribution in [1.29, 1.82) is 0 Å². The number of aliphatic hydroxyl groups excluding tert-OH is 1. The van der Waals surface area contributed by atoms with Gasteiger partial charge in [0.2, 0.25) is 0 Å². The molecule has 0 aromatic heterocycles. The molecule has 4 N–H and O–H groups in total. The zero-order valence-corrected chi connectivity index (χ0v) is 17.3. The number of aliphatic hydroxyl groups is 1. The molecule has 0 aliphatic carbocycles. The van der Waals surface area contributed by atoms with E-state index in [-0.39, 0.29) is 59.0 Å². The Hall–Kier alpha value is -0.415. The molecule has 10 heteroatoms. The zero-order chi connectivity index (χ0) is 13.7. The van der Waals surface area contributed by atoms with Crippen molar-refractivity contribution < 1.29 is 86.4 Å². The summed E-state index contributed by atoms with van der Waals surface area (Å²) >= 11 is 0. The molecule has 0 saturated carbocycles. The fourth-order valence-electron chi connectivity index (χ4n) is 0.342. The van der Waals surface area contributed by atoms with Crippen LogP contribution < -0.4 is 0 Å². The molecule has 0 amide bonds. The monoisotopic (exact) mass is 416 g/mol. The summed E-state index contributed by atoms with van der Waals surface area (Å²) in [7, 11) is 1.00. The molecule has 0 rings (SSSR count). The van der Waals surface area contributed by atoms with Gasteiger partial charge in [-0.1, -0.05) is 0 Å². The maximum Gasteiger partial charge on any atom is 0.314 e. The topological polar surface area (TPSA) is 149 Å². The van der Waals surface area contributed by atoms with Crippen LogP contribution in [0.1, 0.15) is 19.8 Å². The Bertz CT molecular complexity index is 205. The van der Waals surface area contributed by atoms with Gasteiger partial charge in [-0.05, 0) is 6.92 Å². The van der Waals surface area contributed by atoms with E-state index in [1.807, 2.05) is 0 Å². The van der Waals surface area contributed by atoms with Crippen LogP contribution in [0.2, 0.25) is 0 Å². The van der Waals surface area contributed by atoms with Crippen molar-refractivity contribution in [3.8, 4) is 0 Å². The quantitative estimate of drug-likeness (QED) is 0.344. The second-order valence-electron chi connectivity index (χ2n) is 2.24. The van der Waals surface area contributed by atoms with Gasteiger partial charge < -0.3 is 20.4 Å². The molecule has 0 aromatic carbocycles. The van der Waals surface area contributed by atoms with Crippen molar-refractivity contribution in [2.24, 2.45) is 0 Å². The molecular formula is C8H14CdO8Zn. The van der Waals surface area contributed by atoms with E-state index in [1.165, 1.54) is 6.92 Å². The van der Waals surface area contributed by atoms with Crippen LogP contribution >= 0.6 is 0 Å². The van der Waals surface area contributed by atoms with E-state index in [1.54, 1.807) is 0 Å². The standard InChI is InChI=1S/C4H6O3.C3H4O4.CH4O.Cd.Zn/c1-3(5)2-4(6)7;4-2(5)1-3(6)7;1-2;;/h2H2,1H3,(H,6,7);1H2,(H,4,5)(H,6,7);2H,1H3;;. The van der Waals surface area contributed by atoms with Gasteiger partial charge in [0.25, 0.3) is 0 Å².